The van der Waals surface area contributed by atoms with Crippen LogP contribution in [0.4, 0.5) is 0 Å². The minimum Gasteiger partial charge on any atom is -0.327 e. The zero-order chi connectivity index (χ0) is 13.9. The van der Waals surface area contributed by atoms with E-state index in [2.05, 4.69) is 27.7 Å². The third-order valence-electron chi connectivity index (χ3n) is 4.65. The van der Waals surface area contributed by atoms with E-state index in [4.69, 9.17) is 5.73 Å². The molecule has 0 radical (unpaired) electrons. The summed E-state index contributed by atoms with van der Waals surface area (Å²) in [6.45, 7) is 9.19. The monoisotopic (exact) mass is 255 g/mol. The fraction of sp³-hybridized carbons (Fsp3) is 1.00. The van der Waals surface area contributed by atoms with Crippen LogP contribution in [0.25, 0.3) is 0 Å². The molecular formula is C17H37N. The quantitative estimate of drug-likeness (QED) is 0.447. The van der Waals surface area contributed by atoms with Gasteiger partial charge in [-0.1, -0.05) is 72.6 Å². The Hall–Kier alpha value is -0.0400. The Morgan fingerprint density at radius 2 is 1.28 bits per heavy atom. The highest BCUT2D eigenvalue weighted by molar-refractivity contribution is 4.88. The number of hydrogen-bond donors (Lipinski definition) is 1. The van der Waals surface area contributed by atoms with Crippen LogP contribution in [-0.2, 0) is 0 Å². The molecule has 1 nitrogen and oxygen atoms in total. The summed E-state index contributed by atoms with van der Waals surface area (Å²) in [5, 5.41) is 0. The summed E-state index contributed by atoms with van der Waals surface area (Å²) >= 11 is 0. The lowest BCUT2D eigenvalue weighted by Crippen LogP contribution is -2.41. The number of nitrogens with two attached hydrogens (primary N) is 1. The molecule has 1 heteroatoms. The van der Waals surface area contributed by atoms with Crippen LogP contribution >= 0.6 is 0 Å². The van der Waals surface area contributed by atoms with Crippen molar-refractivity contribution in [2.24, 2.45) is 11.1 Å². The molecular weight excluding hydrogens is 218 g/mol. The normalized spacial score (nSPS) is 13.8. The lowest BCUT2D eigenvalue weighted by atomic mass is 9.69. The van der Waals surface area contributed by atoms with Gasteiger partial charge in [-0.2, -0.15) is 0 Å². The van der Waals surface area contributed by atoms with Crippen molar-refractivity contribution in [2.75, 3.05) is 0 Å². The Bertz CT molecular complexity index is 166. The van der Waals surface area contributed by atoms with E-state index in [0.29, 0.717) is 11.5 Å². The summed E-state index contributed by atoms with van der Waals surface area (Å²) in [5.74, 6) is 0. The summed E-state index contributed by atoms with van der Waals surface area (Å²) in [5.41, 5.74) is 6.97. The molecule has 18 heavy (non-hydrogen) atoms. The third-order valence-corrected chi connectivity index (χ3v) is 4.65. The zero-order valence-electron chi connectivity index (χ0n) is 13.4. The molecule has 0 saturated heterocycles. The summed E-state index contributed by atoms with van der Waals surface area (Å²) in [6.07, 6.45) is 14.5. The second-order valence-corrected chi connectivity index (χ2v) is 6.03. The van der Waals surface area contributed by atoms with E-state index in [-0.39, 0.29) is 0 Å². The van der Waals surface area contributed by atoms with Gasteiger partial charge in [0.25, 0.3) is 0 Å². The second-order valence-electron chi connectivity index (χ2n) is 6.03. The van der Waals surface area contributed by atoms with E-state index < -0.39 is 0 Å². The zero-order valence-corrected chi connectivity index (χ0v) is 13.4. The van der Waals surface area contributed by atoms with Crippen molar-refractivity contribution >= 4 is 0 Å². The average molecular weight is 255 g/mol. The van der Waals surface area contributed by atoms with E-state index >= 15 is 0 Å². The summed E-state index contributed by atoms with van der Waals surface area (Å²) in [7, 11) is 0. The molecule has 0 aliphatic heterocycles. The number of hydrogen-bond acceptors (Lipinski definition) is 1. The number of unbranched alkanes of at least 4 members (excludes halogenated alkanes) is 4. The minimum atomic E-state index is 0.418. The SMILES string of the molecule is CCCCCC(CC)(CCCCC)C(N)CCC. The summed E-state index contributed by atoms with van der Waals surface area (Å²) in [6, 6.07) is 0.418. The molecule has 1 atom stereocenters. The first-order valence-corrected chi connectivity index (χ1v) is 8.42. The van der Waals surface area contributed by atoms with Gasteiger partial charge in [0.2, 0.25) is 0 Å². The van der Waals surface area contributed by atoms with Gasteiger partial charge in [0, 0.05) is 6.04 Å². The fourth-order valence-electron chi connectivity index (χ4n) is 3.18. The first-order chi connectivity index (χ1) is 8.66. The van der Waals surface area contributed by atoms with E-state index in [0.717, 1.165) is 0 Å². The van der Waals surface area contributed by atoms with Crippen molar-refractivity contribution < 1.29 is 0 Å². The van der Waals surface area contributed by atoms with Crippen molar-refractivity contribution in [3.63, 3.8) is 0 Å². The van der Waals surface area contributed by atoms with Crippen LogP contribution in [-0.4, -0.2) is 6.04 Å². The first kappa shape index (κ1) is 18.0. The van der Waals surface area contributed by atoms with Gasteiger partial charge in [-0.05, 0) is 31.1 Å². The standard InChI is InChI=1S/C17H37N/c1-5-9-11-14-17(8-4,15-12-10-6-2)16(18)13-7-3/h16H,5-15,18H2,1-4H3. The molecule has 110 valence electrons. The molecule has 0 rings (SSSR count). The first-order valence-electron chi connectivity index (χ1n) is 8.42. The second kappa shape index (κ2) is 10.8. The van der Waals surface area contributed by atoms with E-state index in [1.165, 1.54) is 70.6 Å². The number of rotatable bonds is 12. The maximum absolute atomic E-state index is 6.54. The molecule has 0 aromatic heterocycles. The highest BCUT2D eigenvalue weighted by Gasteiger charge is 2.33. The van der Waals surface area contributed by atoms with Crippen LogP contribution in [0.1, 0.15) is 98.3 Å². The van der Waals surface area contributed by atoms with Gasteiger partial charge in [-0.15, -0.1) is 0 Å². The fourth-order valence-corrected chi connectivity index (χ4v) is 3.18. The molecule has 0 saturated carbocycles. The third kappa shape index (κ3) is 6.22. The van der Waals surface area contributed by atoms with Gasteiger partial charge in [-0.3, -0.25) is 0 Å². The van der Waals surface area contributed by atoms with E-state index in [9.17, 15) is 0 Å². The molecule has 0 aromatic carbocycles. The van der Waals surface area contributed by atoms with Crippen LogP contribution in [0, 0.1) is 5.41 Å². The van der Waals surface area contributed by atoms with Crippen LogP contribution in [0.3, 0.4) is 0 Å². The molecule has 1 unspecified atom stereocenters. The lowest BCUT2D eigenvalue weighted by molar-refractivity contribution is 0.156. The van der Waals surface area contributed by atoms with E-state index in [1.54, 1.807) is 0 Å². The summed E-state index contributed by atoms with van der Waals surface area (Å²) < 4.78 is 0. The van der Waals surface area contributed by atoms with Gasteiger partial charge in [0.1, 0.15) is 0 Å². The van der Waals surface area contributed by atoms with Gasteiger partial charge < -0.3 is 5.73 Å². The van der Waals surface area contributed by atoms with Crippen molar-refractivity contribution in [1.29, 1.82) is 0 Å². The largest absolute Gasteiger partial charge is 0.327 e. The Labute approximate surface area is 116 Å². The maximum Gasteiger partial charge on any atom is 0.00953 e. The van der Waals surface area contributed by atoms with Crippen LogP contribution in [0.2, 0.25) is 0 Å². The molecule has 0 heterocycles. The molecule has 0 aliphatic rings. The molecule has 0 spiro atoms. The topological polar surface area (TPSA) is 26.0 Å². The van der Waals surface area contributed by atoms with Crippen molar-refractivity contribution in [2.45, 2.75) is 104 Å². The van der Waals surface area contributed by atoms with E-state index in [1.807, 2.05) is 0 Å². The Balaban J connectivity index is 4.48. The van der Waals surface area contributed by atoms with Crippen LogP contribution in [0.5, 0.6) is 0 Å². The minimum absolute atomic E-state index is 0.418. The van der Waals surface area contributed by atoms with Crippen LogP contribution < -0.4 is 5.73 Å². The van der Waals surface area contributed by atoms with Gasteiger partial charge in [0.05, 0.1) is 0 Å². The molecule has 0 fully saturated rings. The average Bonchev–Trinajstić information content (AvgIpc) is 2.37. The molecule has 0 amide bonds. The van der Waals surface area contributed by atoms with Gasteiger partial charge >= 0.3 is 0 Å². The molecule has 0 aromatic rings. The molecule has 0 aliphatic carbocycles. The van der Waals surface area contributed by atoms with Crippen molar-refractivity contribution in [3.05, 3.63) is 0 Å². The molecule has 2 N–H and O–H groups in total. The lowest BCUT2D eigenvalue weighted by Gasteiger charge is -2.39. The Kier molecular flexibility index (Phi) is 10.8. The maximum atomic E-state index is 6.54. The molecule has 0 bridgehead atoms. The highest BCUT2D eigenvalue weighted by Crippen LogP contribution is 2.39. The van der Waals surface area contributed by atoms with Crippen molar-refractivity contribution in [3.8, 4) is 0 Å². The predicted molar refractivity (Wildman–Crippen MR) is 83.9 cm³/mol. The van der Waals surface area contributed by atoms with Gasteiger partial charge in [0.15, 0.2) is 0 Å². The Morgan fingerprint density at radius 1 is 0.778 bits per heavy atom. The highest BCUT2D eigenvalue weighted by atomic mass is 14.7. The smallest absolute Gasteiger partial charge is 0.00953 e. The van der Waals surface area contributed by atoms with Gasteiger partial charge in [-0.25, -0.2) is 0 Å². The Morgan fingerprint density at radius 3 is 1.61 bits per heavy atom. The predicted octanol–water partition coefficient (Wildman–Crippen LogP) is 5.67. The van der Waals surface area contributed by atoms with Crippen molar-refractivity contribution in [1.82, 2.24) is 0 Å². The van der Waals surface area contributed by atoms with Crippen LogP contribution in [0.15, 0.2) is 0 Å². The summed E-state index contributed by atoms with van der Waals surface area (Å²) in [4.78, 5) is 0.